The lowest BCUT2D eigenvalue weighted by Crippen LogP contribution is -2.29. The summed E-state index contributed by atoms with van der Waals surface area (Å²) >= 11 is 1.33. The number of rotatable bonds is 5. The molecule has 4 nitrogen and oxygen atoms in total. The average Bonchev–Trinajstić information content (AvgIpc) is 3.01. The molecule has 0 N–H and O–H groups in total. The molecule has 0 radical (unpaired) electrons. The number of hydrogen-bond acceptors (Lipinski definition) is 4. The highest BCUT2D eigenvalue weighted by Gasteiger charge is 2.22. The molecular weight excluding hydrogens is 337 g/mol. The highest BCUT2D eigenvalue weighted by atomic mass is 32.1. The Labute approximate surface area is 150 Å². The van der Waals surface area contributed by atoms with Gasteiger partial charge in [0.1, 0.15) is 11.5 Å². The highest BCUT2D eigenvalue weighted by Crippen LogP contribution is 2.32. The standard InChI is InChI=1S/C19H18FN3OS/c1-13-22-17(18(25-13)15-5-3-4-6-16(15)20)19(24)23(2)12-9-14-7-10-21-11-8-14/h3-8,10-11H,9,12H2,1-2H3. The van der Waals surface area contributed by atoms with E-state index < -0.39 is 0 Å². The van der Waals surface area contributed by atoms with E-state index >= 15 is 0 Å². The number of halogens is 1. The van der Waals surface area contributed by atoms with Gasteiger partial charge in [0.25, 0.3) is 5.91 Å². The average molecular weight is 355 g/mol. The molecule has 0 atom stereocenters. The number of carbonyl (C=O) groups excluding carboxylic acids is 1. The molecule has 0 saturated heterocycles. The number of pyridine rings is 1. The van der Waals surface area contributed by atoms with Crippen LogP contribution in [0.2, 0.25) is 0 Å². The predicted octanol–water partition coefficient (Wildman–Crippen LogP) is 3.97. The number of amides is 1. The molecule has 128 valence electrons. The van der Waals surface area contributed by atoms with Crippen LogP contribution in [0.1, 0.15) is 21.1 Å². The smallest absolute Gasteiger partial charge is 0.273 e. The number of carbonyl (C=O) groups is 1. The third kappa shape index (κ3) is 3.91. The van der Waals surface area contributed by atoms with Crippen LogP contribution in [0, 0.1) is 12.7 Å². The lowest BCUT2D eigenvalue weighted by atomic mass is 10.1. The van der Waals surface area contributed by atoms with Crippen molar-refractivity contribution in [3.05, 3.63) is 70.9 Å². The van der Waals surface area contributed by atoms with Crippen molar-refractivity contribution in [1.82, 2.24) is 14.9 Å². The Hall–Kier alpha value is -2.60. The molecule has 0 saturated carbocycles. The zero-order valence-corrected chi connectivity index (χ0v) is 14.9. The van der Waals surface area contributed by atoms with Crippen LogP contribution in [0.5, 0.6) is 0 Å². The minimum Gasteiger partial charge on any atom is -0.340 e. The molecule has 25 heavy (non-hydrogen) atoms. The first-order valence-electron chi connectivity index (χ1n) is 7.93. The summed E-state index contributed by atoms with van der Waals surface area (Å²) in [6.45, 7) is 2.37. The minimum atomic E-state index is -0.348. The van der Waals surface area contributed by atoms with Crippen molar-refractivity contribution in [1.29, 1.82) is 0 Å². The van der Waals surface area contributed by atoms with E-state index in [2.05, 4.69) is 9.97 Å². The zero-order chi connectivity index (χ0) is 17.8. The second kappa shape index (κ2) is 7.53. The van der Waals surface area contributed by atoms with E-state index in [4.69, 9.17) is 0 Å². The zero-order valence-electron chi connectivity index (χ0n) is 14.1. The lowest BCUT2D eigenvalue weighted by Gasteiger charge is -2.17. The summed E-state index contributed by atoms with van der Waals surface area (Å²) in [5, 5.41) is 0.740. The highest BCUT2D eigenvalue weighted by molar-refractivity contribution is 7.15. The molecule has 0 fully saturated rings. The molecule has 2 aromatic heterocycles. The van der Waals surface area contributed by atoms with Crippen LogP contribution >= 0.6 is 11.3 Å². The van der Waals surface area contributed by atoms with E-state index in [0.29, 0.717) is 22.7 Å². The van der Waals surface area contributed by atoms with Crippen LogP contribution in [0.3, 0.4) is 0 Å². The van der Waals surface area contributed by atoms with Crippen molar-refractivity contribution in [2.24, 2.45) is 0 Å². The Kier molecular flexibility index (Phi) is 5.19. The van der Waals surface area contributed by atoms with Crippen molar-refractivity contribution in [2.45, 2.75) is 13.3 Å². The maximum atomic E-state index is 14.1. The van der Waals surface area contributed by atoms with Gasteiger partial charge in [0.05, 0.1) is 9.88 Å². The van der Waals surface area contributed by atoms with Gasteiger partial charge in [-0.3, -0.25) is 9.78 Å². The summed E-state index contributed by atoms with van der Waals surface area (Å²) in [4.78, 5) is 23.4. The molecule has 3 rings (SSSR count). The van der Waals surface area contributed by atoms with E-state index in [1.165, 1.54) is 17.4 Å². The fourth-order valence-corrected chi connectivity index (χ4v) is 3.47. The van der Waals surface area contributed by atoms with Gasteiger partial charge < -0.3 is 4.90 Å². The first-order valence-corrected chi connectivity index (χ1v) is 8.74. The third-order valence-corrected chi connectivity index (χ3v) is 4.89. The van der Waals surface area contributed by atoms with E-state index in [1.807, 2.05) is 19.1 Å². The molecule has 0 spiro atoms. The van der Waals surface area contributed by atoms with Gasteiger partial charge in [-0.2, -0.15) is 0 Å². The Morgan fingerprint density at radius 2 is 1.92 bits per heavy atom. The number of benzene rings is 1. The Balaban J connectivity index is 1.81. The minimum absolute atomic E-state index is 0.198. The van der Waals surface area contributed by atoms with Crippen molar-refractivity contribution in [2.75, 3.05) is 13.6 Å². The van der Waals surface area contributed by atoms with Gasteiger partial charge in [0, 0.05) is 31.5 Å². The molecule has 2 heterocycles. The third-order valence-electron chi connectivity index (χ3n) is 3.89. The van der Waals surface area contributed by atoms with Crippen LogP contribution in [0.25, 0.3) is 10.4 Å². The Bertz CT molecular complexity index is 879. The second-order valence-corrected chi connectivity index (χ2v) is 6.93. The van der Waals surface area contributed by atoms with Crippen LogP contribution in [-0.4, -0.2) is 34.4 Å². The number of nitrogens with zero attached hydrogens (tertiary/aromatic N) is 3. The molecule has 0 unspecified atom stereocenters. The van der Waals surface area contributed by atoms with Crippen LogP contribution in [0.4, 0.5) is 4.39 Å². The Morgan fingerprint density at radius 3 is 2.64 bits per heavy atom. The monoisotopic (exact) mass is 355 g/mol. The van der Waals surface area contributed by atoms with Gasteiger partial charge in [-0.05, 0) is 37.1 Å². The van der Waals surface area contributed by atoms with Gasteiger partial charge in [0.2, 0.25) is 0 Å². The largest absolute Gasteiger partial charge is 0.340 e. The number of aromatic nitrogens is 2. The van der Waals surface area contributed by atoms with E-state index in [-0.39, 0.29) is 11.7 Å². The van der Waals surface area contributed by atoms with Crippen molar-refractivity contribution in [3.63, 3.8) is 0 Å². The number of thiazole rings is 1. The number of hydrogen-bond donors (Lipinski definition) is 0. The van der Waals surface area contributed by atoms with Crippen molar-refractivity contribution >= 4 is 17.2 Å². The normalized spacial score (nSPS) is 10.7. The van der Waals surface area contributed by atoms with Crippen molar-refractivity contribution in [3.8, 4) is 10.4 Å². The molecule has 0 aliphatic heterocycles. The summed E-state index contributed by atoms with van der Waals surface area (Å²) in [5.41, 5.74) is 1.84. The molecule has 1 aromatic carbocycles. The molecule has 1 amide bonds. The Morgan fingerprint density at radius 1 is 1.20 bits per heavy atom. The second-order valence-electron chi connectivity index (χ2n) is 5.72. The first kappa shape index (κ1) is 17.2. The summed E-state index contributed by atoms with van der Waals surface area (Å²) in [5.74, 6) is -0.545. The van der Waals surface area contributed by atoms with Gasteiger partial charge >= 0.3 is 0 Å². The summed E-state index contributed by atoms with van der Waals surface area (Å²) in [6.07, 6.45) is 4.19. The van der Waals surface area contributed by atoms with Crippen molar-refractivity contribution < 1.29 is 9.18 Å². The fourth-order valence-electron chi connectivity index (χ4n) is 2.53. The van der Waals surface area contributed by atoms with Crippen LogP contribution in [0.15, 0.2) is 48.8 Å². The first-order chi connectivity index (χ1) is 12.1. The van der Waals surface area contributed by atoms with Gasteiger partial charge in [-0.25, -0.2) is 9.37 Å². The van der Waals surface area contributed by atoms with Crippen LogP contribution in [-0.2, 0) is 6.42 Å². The topological polar surface area (TPSA) is 46.1 Å². The molecule has 3 aromatic rings. The van der Waals surface area contributed by atoms with E-state index in [9.17, 15) is 9.18 Å². The quantitative estimate of drug-likeness (QED) is 0.696. The predicted molar refractivity (Wildman–Crippen MR) is 97.1 cm³/mol. The van der Waals surface area contributed by atoms with Gasteiger partial charge in [0.15, 0.2) is 0 Å². The number of aryl methyl sites for hydroxylation is 1. The van der Waals surface area contributed by atoms with Crippen LogP contribution < -0.4 is 0 Å². The maximum Gasteiger partial charge on any atom is 0.273 e. The molecule has 0 aliphatic rings. The maximum absolute atomic E-state index is 14.1. The molecular formula is C19H18FN3OS. The van der Waals surface area contributed by atoms with E-state index in [0.717, 1.165) is 17.0 Å². The summed E-state index contributed by atoms with van der Waals surface area (Å²) in [6, 6.07) is 10.3. The molecule has 6 heteroatoms. The summed E-state index contributed by atoms with van der Waals surface area (Å²) in [7, 11) is 1.74. The number of likely N-dealkylation sites (N-methyl/N-ethyl adjacent to an activating group) is 1. The SMILES string of the molecule is Cc1nc(C(=O)N(C)CCc2ccncc2)c(-c2ccccc2F)s1. The van der Waals surface area contributed by atoms with Gasteiger partial charge in [-0.1, -0.05) is 18.2 Å². The molecule has 0 bridgehead atoms. The fraction of sp³-hybridized carbons (Fsp3) is 0.211. The lowest BCUT2D eigenvalue weighted by molar-refractivity contribution is 0.0792. The van der Waals surface area contributed by atoms with E-state index in [1.54, 1.807) is 42.5 Å². The van der Waals surface area contributed by atoms with Gasteiger partial charge in [-0.15, -0.1) is 11.3 Å². The molecule has 0 aliphatic carbocycles. The summed E-state index contributed by atoms with van der Waals surface area (Å²) < 4.78 is 14.1.